The molecule has 1 rings (SSSR count). The molecule has 0 N–H and O–H groups in total. The van der Waals surface area contributed by atoms with E-state index in [-0.39, 0.29) is 5.41 Å². The first-order valence-electron chi connectivity index (χ1n) is 4.03. The third-order valence-corrected chi connectivity index (χ3v) is 2.36. The Morgan fingerprint density at radius 1 is 1.25 bits per heavy atom. The van der Waals surface area contributed by atoms with E-state index in [1.54, 1.807) is 6.20 Å². The molecule has 0 amide bonds. The molecule has 1 aromatic heterocycles. The van der Waals surface area contributed by atoms with Crippen LogP contribution in [0, 0.1) is 6.92 Å². The van der Waals surface area contributed by atoms with Gasteiger partial charge in [0.1, 0.15) is 0 Å². The van der Waals surface area contributed by atoms with Gasteiger partial charge in [0.2, 0.25) is 0 Å². The molecule has 1 nitrogen and oxygen atoms in total. The highest BCUT2D eigenvalue weighted by atomic mass is 35.5. The molecule has 0 fully saturated rings. The van der Waals surface area contributed by atoms with E-state index in [4.69, 9.17) is 11.6 Å². The zero-order valence-corrected chi connectivity index (χ0v) is 8.74. The maximum Gasteiger partial charge on any atom is 0.0503 e. The summed E-state index contributed by atoms with van der Waals surface area (Å²) in [5.41, 5.74) is 2.24. The van der Waals surface area contributed by atoms with Gasteiger partial charge in [-0.1, -0.05) is 32.4 Å². The van der Waals surface area contributed by atoms with Crippen LogP contribution in [0.15, 0.2) is 12.4 Å². The summed E-state index contributed by atoms with van der Waals surface area (Å²) in [5, 5.41) is 0.845. The van der Waals surface area contributed by atoms with Gasteiger partial charge in [0.05, 0.1) is 5.02 Å². The Labute approximate surface area is 78.8 Å². The molecular formula is C10H14ClN. The first-order valence-corrected chi connectivity index (χ1v) is 4.41. The minimum absolute atomic E-state index is 0.0795. The Balaban J connectivity index is 3.26. The van der Waals surface area contributed by atoms with Crippen LogP contribution in [0.2, 0.25) is 5.02 Å². The van der Waals surface area contributed by atoms with E-state index in [0.717, 1.165) is 16.1 Å². The molecule has 0 aliphatic heterocycles. The topological polar surface area (TPSA) is 12.9 Å². The molecule has 0 aromatic carbocycles. The zero-order chi connectivity index (χ0) is 9.35. The number of halogens is 1. The summed E-state index contributed by atoms with van der Waals surface area (Å²) in [5.74, 6) is 0. The maximum absolute atomic E-state index is 6.14. The summed E-state index contributed by atoms with van der Waals surface area (Å²) in [4.78, 5) is 4.13. The summed E-state index contributed by atoms with van der Waals surface area (Å²) in [7, 11) is 0. The van der Waals surface area contributed by atoms with E-state index in [1.165, 1.54) is 0 Å². The fourth-order valence-corrected chi connectivity index (χ4v) is 1.45. The fraction of sp³-hybridized carbons (Fsp3) is 0.500. The van der Waals surface area contributed by atoms with Crippen LogP contribution in [0.25, 0.3) is 0 Å². The van der Waals surface area contributed by atoms with Gasteiger partial charge < -0.3 is 0 Å². The number of hydrogen-bond donors (Lipinski definition) is 0. The highest BCUT2D eigenvalue weighted by molar-refractivity contribution is 6.32. The van der Waals surface area contributed by atoms with Crippen LogP contribution in [-0.4, -0.2) is 4.98 Å². The lowest BCUT2D eigenvalue weighted by Crippen LogP contribution is -2.12. The van der Waals surface area contributed by atoms with E-state index in [2.05, 4.69) is 25.8 Å². The molecule has 1 aromatic rings. The van der Waals surface area contributed by atoms with Gasteiger partial charge in [-0.15, -0.1) is 0 Å². The first kappa shape index (κ1) is 9.53. The van der Waals surface area contributed by atoms with Crippen molar-refractivity contribution in [3.63, 3.8) is 0 Å². The summed E-state index contributed by atoms with van der Waals surface area (Å²) < 4.78 is 0. The van der Waals surface area contributed by atoms with Crippen molar-refractivity contribution in [3.05, 3.63) is 28.5 Å². The second-order valence-electron chi connectivity index (χ2n) is 4.07. The van der Waals surface area contributed by atoms with Crippen molar-refractivity contribution in [2.24, 2.45) is 0 Å². The number of pyridine rings is 1. The monoisotopic (exact) mass is 183 g/mol. The van der Waals surface area contributed by atoms with Crippen molar-refractivity contribution in [2.45, 2.75) is 33.1 Å². The zero-order valence-electron chi connectivity index (χ0n) is 7.98. The molecule has 12 heavy (non-hydrogen) atoms. The molecule has 0 radical (unpaired) electrons. The Kier molecular flexibility index (Phi) is 2.43. The van der Waals surface area contributed by atoms with Crippen LogP contribution >= 0.6 is 11.6 Å². The van der Waals surface area contributed by atoms with E-state index in [0.29, 0.717) is 0 Å². The van der Waals surface area contributed by atoms with Gasteiger partial charge in [-0.05, 0) is 23.5 Å². The lowest BCUT2D eigenvalue weighted by atomic mass is 9.87. The second kappa shape index (κ2) is 3.06. The molecule has 0 saturated carbocycles. The van der Waals surface area contributed by atoms with E-state index in [9.17, 15) is 0 Å². The van der Waals surface area contributed by atoms with Crippen molar-refractivity contribution in [1.29, 1.82) is 0 Å². The van der Waals surface area contributed by atoms with Crippen LogP contribution in [0.1, 0.15) is 31.9 Å². The molecule has 0 bridgehead atoms. The molecule has 0 saturated heterocycles. The van der Waals surface area contributed by atoms with Crippen LogP contribution < -0.4 is 0 Å². The first-order chi connectivity index (χ1) is 5.43. The van der Waals surface area contributed by atoms with Crippen molar-refractivity contribution >= 4 is 11.6 Å². The quantitative estimate of drug-likeness (QED) is 0.601. The van der Waals surface area contributed by atoms with Crippen LogP contribution in [0.4, 0.5) is 0 Å². The summed E-state index contributed by atoms with van der Waals surface area (Å²) in [6.45, 7) is 8.38. The number of rotatable bonds is 0. The summed E-state index contributed by atoms with van der Waals surface area (Å²) in [6.07, 6.45) is 3.63. The van der Waals surface area contributed by atoms with E-state index in [1.807, 2.05) is 13.1 Å². The van der Waals surface area contributed by atoms with E-state index >= 15 is 0 Å². The van der Waals surface area contributed by atoms with Crippen molar-refractivity contribution in [2.75, 3.05) is 0 Å². The molecule has 0 spiro atoms. The predicted octanol–water partition coefficient (Wildman–Crippen LogP) is 3.34. The summed E-state index contributed by atoms with van der Waals surface area (Å²) in [6, 6.07) is 0. The molecule has 0 aliphatic rings. The minimum atomic E-state index is 0.0795. The average molecular weight is 184 g/mol. The molecule has 1 heterocycles. The van der Waals surface area contributed by atoms with Gasteiger partial charge in [-0.25, -0.2) is 0 Å². The van der Waals surface area contributed by atoms with Crippen LogP contribution in [0.3, 0.4) is 0 Å². The highest BCUT2D eigenvalue weighted by Gasteiger charge is 2.18. The smallest absolute Gasteiger partial charge is 0.0503 e. The molecular weight excluding hydrogens is 170 g/mol. The Morgan fingerprint density at radius 2 is 1.83 bits per heavy atom. The standard InChI is InChI=1S/C10H14ClN/c1-7-5-12-6-8(9(7)11)10(2,3)4/h5-6H,1-4H3. The lowest BCUT2D eigenvalue weighted by Gasteiger charge is -2.20. The van der Waals surface area contributed by atoms with Gasteiger partial charge in [-0.3, -0.25) is 4.98 Å². The van der Waals surface area contributed by atoms with Crippen LogP contribution in [-0.2, 0) is 5.41 Å². The van der Waals surface area contributed by atoms with Crippen LogP contribution in [0.5, 0.6) is 0 Å². The SMILES string of the molecule is Cc1cncc(C(C)(C)C)c1Cl. The third-order valence-electron chi connectivity index (χ3n) is 1.86. The van der Waals surface area contributed by atoms with Gasteiger partial charge in [0.25, 0.3) is 0 Å². The maximum atomic E-state index is 6.14. The van der Waals surface area contributed by atoms with Gasteiger partial charge >= 0.3 is 0 Å². The number of nitrogens with zero attached hydrogens (tertiary/aromatic N) is 1. The van der Waals surface area contributed by atoms with Gasteiger partial charge in [-0.2, -0.15) is 0 Å². The van der Waals surface area contributed by atoms with Gasteiger partial charge in [0.15, 0.2) is 0 Å². The van der Waals surface area contributed by atoms with Gasteiger partial charge in [0, 0.05) is 12.4 Å². The molecule has 0 aliphatic carbocycles. The average Bonchev–Trinajstić information content (AvgIpc) is 1.92. The van der Waals surface area contributed by atoms with E-state index < -0.39 is 0 Å². The lowest BCUT2D eigenvalue weighted by molar-refractivity contribution is 0.587. The predicted molar refractivity (Wildman–Crippen MR) is 52.7 cm³/mol. The third kappa shape index (κ3) is 1.78. The molecule has 2 heteroatoms. The summed E-state index contributed by atoms with van der Waals surface area (Å²) >= 11 is 6.14. The Hall–Kier alpha value is -0.560. The fourth-order valence-electron chi connectivity index (χ4n) is 1.07. The second-order valence-corrected chi connectivity index (χ2v) is 4.45. The highest BCUT2D eigenvalue weighted by Crippen LogP contribution is 2.30. The number of aryl methyl sites for hydroxylation is 1. The number of aromatic nitrogens is 1. The Morgan fingerprint density at radius 3 is 2.25 bits per heavy atom. The number of hydrogen-bond acceptors (Lipinski definition) is 1. The van der Waals surface area contributed by atoms with Crippen molar-refractivity contribution < 1.29 is 0 Å². The van der Waals surface area contributed by atoms with Crippen molar-refractivity contribution in [3.8, 4) is 0 Å². The molecule has 0 atom stereocenters. The molecule has 0 unspecified atom stereocenters. The minimum Gasteiger partial charge on any atom is -0.264 e. The van der Waals surface area contributed by atoms with Crippen molar-refractivity contribution in [1.82, 2.24) is 4.98 Å². The largest absolute Gasteiger partial charge is 0.264 e. The normalized spacial score (nSPS) is 11.8. The Bertz CT molecular complexity index is 286. The molecule has 66 valence electrons.